The fourth-order valence-corrected chi connectivity index (χ4v) is 1.81. The molecular formula is C10H9BrN2O5. The third-order valence-corrected chi connectivity index (χ3v) is 2.58. The number of carboxylic acid groups (broad SMARTS) is 1. The Hall–Kier alpha value is -1.96. The highest BCUT2D eigenvalue weighted by Gasteiger charge is 2.15. The van der Waals surface area contributed by atoms with Crippen LogP contribution in [-0.2, 0) is 11.3 Å². The van der Waals surface area contributed by atoms with Gasteiger partial charge in [0.2, 0.25) is 0 Å². The molecule has 1 rings (SSSR count). The molecule has 1 aromatic rings. The molecule has 0 spiro atoms. The Kier molecular flexibility index (Phi) is 4.38. The normalized spacial score (nSPS) is 11.3. The first-order valence-corrected chi connectivity index (χ1v) is 5.54. The first kappa shape index (κ1) is 14.1. The quantitative estimate of drug-likeness (QED) is 0.515. The average molecular weight is 317 g/mol. The number of hydrogen-bond donors (Lipinski definition) is 1. The summed E-state index contributed by atoms with van der Waals surface area (Å²) >= 11 is 2.93. The number of pyridine rings is 1. The third-order valence-electron chi connectivity index (χ3n) is 2.02. The molecule has 0 aliphatic heterocycles. The Bertz CT molecular complexity index is 590. The fourth-order valence-electron chi connectivity index (χ4n) is 1.35. The van der Waals surface area contributed by atoms with Gasteiger partial charge in [-0.1, -0.05) is 0 Å². The number of rotatable bonds is 4. The molecule has 8 heteroatoms. The van der Waals surface area contributed by atoms with E-state index in [1.807, 2.05) is 0 Å². The molecule has 0 aliphatic carbocycles. The van der Waals surface area contributed by atoms with Crippen molar-refractivity contribution in [2.75, 3.05) is 0 Å². The van der Waals surface area contributed by atoms with Crippen LogP contribution < -0.4 is 5.43 Å². The van der Waals surface area contributed by atoms with Crippen LogP contribution in [0.2, 0.25) is 0 Å². The molecule has 0 saturated carbocycles. The van der Waals surface area contributed by atoms with Gasteiger partial charge in [-0.3, -0.25) is 14.9 Å². The van der Waals surface area contributed by atoms with Gasteiger partial charge in [0.1, 0.15) is 0 Å². The van der Waals surface area contributed by atoms with E-state index >= 15 is 0 Å². The highest BCUT2D eigenvalue weighted by molar-refractivity contribution is 9.10. The number of carboxylic acids is 1. The zero-order chi connectivity index (χ0) is 13.9. The van der Waals surface area contributed by atoms with Crippen LogP contribution in [0.15, 0.2) is 33.3 Å². The first-order valence-electron chi connectivity index (χ1n) is 4.75. The molecule has 1 N–H and O–H groups in total. The number of aliphatic carboxylic acids is 1. The number of allylic oxidation sites excluding steroid dienone is 1. The van der Waals surface area contributed by atoms with Gasteiger partial charge in [0.15, 0.2) is 0 Å². The predicted octanol–water partition coefficient (Wildman–Crippen LogP) is 1.55. The van der Waals surface area contributed by atoms with Crippen LogP contribution in [0.5, 0.6) is 0 Å². The standard InChI is InChI=1S/C10H9BrN2O5/c1-6(2-9(14)15)3-12-4-7(11)10(16)8(5-12)13(17)18/h2,4-5H,3H2,1H3,(H,14,15)/b6-2-. The van der Waals surface area contributed by atoms with Crippen LogP contribution in [0.25, 0.3) is 0 Å². The topological polar surface area (TPSA) is 102 Å². The van der Waals surface area contributed by atoms with Gasteiger partial charge in [-0.2, -0.15) is 0 Å². The van der Waals surface area contributed by atoms with Gasteiger partial charge in [-0.15, -0.1) is 0 Å². The number of nitro groups is 1. The molecule has 1 aromatic heterocycles. The molecule has 0 radical (unpaired) electrons. The zero-order valence-corrected chi connectivity index (χ0v) is 10.9. The maximum Gasteiger partial charge on any atom is 0.333 e. The molecule has 0 unspecified atom stereocenters. The molecule has 0 amide bonds. The van der Waals surface area contributed by atoms with E-state index in [0.717, 1.165) is 12.3 Å². The third kappa shape index (κ3) is 3.52. The van der Waals surface area contributed by atoms with Crippen molar-refractivity contribution in [2.45, 2.75) is 13.5 Å². The van der Waals surface area contributed by atoms with Crippen molar-refractivity contribution in [1.82, 2.24) is 4.57 Å². The monoisotopic (exact) mass is 316 g/mol. The van der Waals surface area contributed by atoms with E-state index in [0.29, 0.717) is 5.57 Å². The Morgan fingerprint density at radius 2 is 2.22 bits per heavy atom. The second kappa shape index (κ2) is 5.58. The summed E-state index contributed by atoms with van der Waals surface area (Å²) in [6.45, 7) is 1.72. The van der Waals surface area contributed by atoms with Gasteiger partial charge in [0, 0.05) is 18.8 Å². The molecule has 0 aliphatic rings. The summed E-state index contributed by atoms with van der Waals surface area (Å²) in [6, 6.07) is 0. The van der Waals surface area contributed by atoms with Gasteiger partial charge < -0.3 is 9.67 Å². The molecule has 0 bridgehead atoms. The molecule has 96 valence electrons. The summed E-state index contributed by atoms with van der Waals surface area (Å²) in [5.74, 6) is -1.10. The summed E-state index contributed by atoms with van der Waals surface area (Å²) in [6.07, 6.45) is 3.44. The first-order chi connectivity index (χ1) is 8.31. The van der Waals surface area contributed by atoms with E-state index in [4.69, 9.17) is 5.11 Å². The minimum Gasteiger partial charge on any atom is -0.478 e. The SMILES string of the molecule is C/C(=C/C(=O)O)Cn1cc(Br)c(=O)c([N+](=O)[O-])c1. The highest BCUT2D eigenvalue weighted by atomic mass is 79.9. The summed E-state index contributed by atoms with van der Waals surface area (Å²) in [5, 5.41) is 19.2. The largest absolute Gasteiger partial charge is 0.478 e. The zero-order valence-electron chi connectivity index (χ0n) is 9.29. The summed E-state index contributed by atoms with van der Waals surface area (Å²) in [4.78, 5) is 31.7. The maximum atomic E-state index is 11.4. The van der Waals surface area contributed by atoms with E-state index < -0.39 is 22.0 Å². The van der Waals surface area contributed by atoms with Crippen LogP contribution >= 0.6 is 15.9 Å². The van der Waals surface area contributed by atoms with Gasteiger partial charge in [0.25, 0.3) is 5.43 Å². The second-order valence-electron chi connectivity index (χ2n) is 3.58. The molecule has 0 fully saturated rings. The van der Waals surface area contributed by atoms with Gasteiger partial charge in [0.05, 0.1) is 15.6 Å². The van der Waals surface area contributed by atoms with Gasteiger partial charge in [-0.05, 0) is 28.4 Å². The molecule has 0 saturated heterocycles. The summed E-state index contributed by atoms with van der Waals surface area (Å²) in [5.41, 5.74) is -0.782. The second-order valence-corrected chi connectivity index (χ2v) is 4.43. The van der Waals surface area contributed by atoms with Crippen LogP contribution in [0.1, 0.15) is 6.92 Å². The summed E-state index contributed by atoms with van der Waals surface area (Å²) in [7, 11) is 0. The van der Waals surface area contributed by atoms with E-state index in [9.17, 15) is 19.7 Å². The minimum absolute atomic E-state index is 0.0554. The number of carbonyl (C=O) groups is 1. The molecule has 1 heterocycles. The van der Waals surface area contributed by atoms with E-state index in [1.54, 1.807) is 6.92 Å². The molecule has 18 heavy (non-hydrogen) atoms. The fraction of sp³-hybridized carbons (Fsp3) is 0.200. The lowest BCUT2D eigenvalue weighted by molar-refractivity contribution is -0.386. The van der Waals surface area contributed by atoms with Gasteiger partial charge in [-0.25, -0.2) is 4.79 Å². The van der Waals surface area contributed by atoms with Crippen LogP contribution in [0, 0.1) is 10.1 Å². The van der Waals surface area contributed by atoms with Crippen molar-refractivity contribution in [1.29, 1.82) is 0 Å². The smallest absolute Gasteiger partial charge is 0.333 e. The van der Waals surface area contributed by atoms with E-state index in [-0.39, 0.29) is 11.0 Å². The van der Waals surface area contributed by atoms with Crippen molar-refractivity contribution in [2.24, 2.45) is 0 Å². The Labute approximate surface area is 110 Å². The van der Waals surface area contributed by atoms with Crippen LogP contribution in [0.3, 0.4) is 0 Å². The van der Waals surface area contributed by atoms with Crippen molar-refractivity contribution in [3.63, 3.8) is 0 Å². The minimum atomic E-state index is -1.10. The Morgan fingerprint density at radius 3 is 2.72 bits per heavy atom. The molecule has 0 aromatic carbocycles. The predicted molar refractivity (Wildman–Crippen MR) is 66.4 cm³/mol. The lowest BCUT2D eigenvalue weighted by atomic mass is 10.2. The number of aromatic nitrogens is 1. The Balaban J connectivity index is 3.16. The van der Waals surface area contributed by atoms with E-state index in [1.165, 1.54) is 10.8 Å². The number of hydrogen-bond acceptors (Lipinski definition) is 4. The van der Waals surface area contributed by atoms with Crippen molar-refractivity contribution >= 4 is 27.6 Å². The van der Waals surface area contributed by atoms with Crippen molar-refractivity contribution in [3.8, 4) is 0 Å². The Morgan fingerprint density at radius 1 is 1.61 bits per heavy atom. The number of halogens is 1. The highest BCUT2D eigenvalue weighted by Crippen LogP contribution is 2.12. The lowest BCUT2D eigenvalue weighted by Crippen LogP contribution is -2.13. The van der Waals surface area contributed by atoms with Crippen LogP contribution in [-0.4, -0.2) is 20.6 Å². The lowest BCUT2D eigenvalue weighted by Gasteiger charge is -2.06. The van der Waals surface area contributed by atoms with E-state index in [2.05, 4.69) is 15.9 Å². The molecule has 0 atom stereocenters. The molecule has 7 nitrogen and oxygen atoms in total. The summed E-state index contributed by atoms with van der Waals surface area (Å²) < 4.78 is 1.43. The van der Waals surface area contributed by atoms with Gasteiger partial charge >= 0.3 is 11.7 Å². The van der Waals surface area contributed by atoms with Crippen LogP contribution in [0.4, 0.5) is 5.69 Å². The average Bonchev–Trinajstić information content (AvgIpc) is 2.21. The van der Waals surface area contributed by atoms with Crippen molar-refractivity contribution in [3.05, 3.63) is 48.9 Å². The molecular weight excluding hydrogens is 308 g/mol. The van der Waals surface area contributed by atoms with Crippen molar-refractivity contribution < 1.29 is 14.8 Å². The maximum absolute atomic E-state index is 11.4. The number of nitrogens with zero attached hydrogens (tertiary/aromatic N) is 2.